The molecule has 0 atom stereocenters. The summed E-state index contributed by atoms with van der Waals surface area (Å²) in [6.07, 6.45) is 0. The average molecular weight is 440 g/mol. The first kappa shape index (κ1) is 22.2. The van der Waals surface area contributed by atoms with Gasteiger partial charge < -0.3 is 20.1 Å². The molecule has 0 aliphatic carbocycles. The van der Waals surface area contributed by atoms with E-state index in [2.05, 4.69) is 10.6 Å². The van der Waals surface area contributed by atoms with Crippen LogP contribution >= 0.6 is 11.8 Å². The molecule has 0 saturated carbocycles. The number of nitrogens with one attached hydrogen (secondary N) is 2. The van der Waals surface area contributed by atoms with Gasteiger partial charge in [0.15, 0.2) is 18.1 Å². The van der Waals surface area contributed by atoms with Crippen LogP contribution in [0.5, 0.6) is 11.5 Å². The Kier molecular flexibility index (Phi) is 7.89. The minimum atomic E-state index is -0.361. The third kappa shape index (κ3) is 6.75. The molecule has 2 N–H and O–H groups in total. The van der Waals surface area contributed by atoms with Crippen LogP contribution in [0.3, 0.4) is 0 Å². The number of halogens is 1. The predicted octanol–water partition coefficient (Wildman–Crippen LogP) is 4.58. The summed E-state index contributed by atoms with van der Waals surface area (Å²) in [5.41, 5.74) is 1.02. The molecule has 0 radical (unpaired) electrons. The van der Waals surface area contributed by atoms with Crippen molar-refractivity contribution in [1.82, 2.24) is 0 Å². The van der Waals surface area contributed by atoms with Gasteiger partial charge >= 0.3 is 0 Å². The van der Waals surface area contributed by atoms with E-state index in [-0.39, 0.29) is 30.0 Å². The number of para-hydroxylation sites is 2. The SMILES string of the molecule is COc1ccccc1OCC(=O)Nc1cccc(NC(=O)CSc2ccccc2F)c1. The Bertz CT molecular complexity index is 1060. The number of ether oxygens (including phenoxy) is 2. The molecule has 0 aromatic heterocycles. The minimum absolute atomic E-state index is 0.0598. The maximum absolute atomic E-state index is 13.6. The summed E-state index contributed by atoms with van der Waals surface area (Å²) >= 11 is 1.11. The molecule has 0 aliphatic heterocycles. The van der Waals surface area contributed by atoms with Gasteiger partial charge in [-0.15, -0.1) is 11.8 Å². The van der Waals surface area contributed by atoms with E-state index in [1.165, 1.54) is 13.2 Å². The number of carbonyl (C=O) groups excluding carboxylic acids is 2. The van der Waals surface area contributed by atoms with Crippen LogP contribution in [0.2, 0.25) is 0 Å². The Hall–Kier alpha value is -3.52. The Labute approximate surface area is 183 Å². The molecule has 0 saturated heterocycles. The zero-order valence-corrected chi connectivity index (χ0v) is 17.6. The topological polar surface area (TPSA) is 76.7 Å². The van der Waals surface area contributed by atoms with E-state index in [0.717, 1.165) is 11.8 Å². The number of amides is 2. The molecule has 0 unspecified atom stereocenters. The lowest BCUT2D eigenvalue weighted by Crippen LogP contribution is -2.20. The van der Waals surface area contributed by atoms with Crippen molar-refractivity contribution in [2.45, 2.75) is 4.90 Å². The first-order valence-electron chi connectivity index (χ1n) is 9.38. The largest absolute Gasteiger partial charge is 0.493 e. The molecule has 31 heavy (non-hydrogen) atoms. The molecule has 0 fully saturated rings. The van der Waals surface area contributed by atoms with E-state index in [9.17, 15) is 14.0 Å². The number of methoxy groups -OCH3 is 1. The Balaban J connectivity index is 1.50. The number of hydrogen-bond acceptors (Lipinski definition) is 5. The number of thioether (sulfide) groups is 1. The van der Waals surface area contributed by atoms with Gasteiger partial charge in [-0.3, -0.25) is 9.59 Å². The molecule has 160 valence electrons. The van der Waals surface area contributed by atoms with Gasteiger partial charge in [0.05, 0.1) is 12.9 Å². The van der Waals surface area contributed by atoms with Crippen molar-refractivity contribution in [2.24, 2.45) is 0 Å². The highest BCUT2D eigenvalue weighted by molar-refractivity contribution is 8.00. The van der Waals surface area contributed by atoms with Crippen LogP contribution in [0, 0.1) is 5.82 Å². The van der Waals surface area contributed by atoms with Crippen LogP contribution in [-0.4, -0.2) is 31.3 Å². The van der Waals surface area contributed by atoms with Gasteiger partial charge in [0.1, 0.15) is 5.82 Å². The van der Waals surface area contributed by atoms with Crippen molar-refractivity contribution in [3.63, 3.8) is 0 Å². The fourth-order valence-electron chi connectivity index (χ4n) is 2.66. The molecule has 8 heteroatoms. The van der Waals surface area contributed by atoms with Crippen molar-refractivity contribution in [3.05, 3.63) is 78.6 Å². The lowest BCUT2D eigenvalue weighted by atomic mass is 10.2. The molecular formula is C23H21FN2O4S. The Morgan fingerprint density at radius 3 is 2.23 bits per heavy atom. The summed E-state index contributed by atoms with van der Waals surface area (Å²) in [6, 6.07) is 20.1. The highest BCUT2D eigenvalue weighted by Gasteiger charge is 2.10. The molecule has 0 spiro atoms. The zero-order chi connectivity index (χ0) is 22.1. The van der Waals surface area contributed by atoms with Crippen LogP contribution < -0.4 is 20.1 Å². The minimum Gasteiger partial charge on any atom is -0.493 e. The monoisotopic (exact) mass is 440 g/mol. The van der Waals surface area contributed by atoms with Crippen LogP contribution in [0.25, 0.3) is 0 Å². The summed E-state index contributed by atoms with van der Waals surface area (Å²) in [7, 11) is 1.52. The van der Waals surface area contributed by atoms with Gasteiger partial charge in [0.25, 0.3) is 5.91 Å². The number of rotatable bonds is 9. The van der Waals surface area contributed by atoms with Gasteiger partial charge in [-0.05, 0) is 42.5 Å². The second-order valence-electron chi connectivity index (χ2n) is 6.34. The van der Waals surface area contributed by atoms with Gasteiger partial charge in [-0.1, -0.05) is 30.3 Å². The molecule has 3 aromatic carbocycles. The van der Waals surface area contributed by atoms with E-state index in [1.807, 2.05) is 0 Å². The highest BCUT2D eigenvalue weighted by Crippen LogP contribution is 2.26. The van der Waals surface area contributed by atoms with E-state index in [1.54, 1.807) is 66.7 Å². The average Bonchev–Trinajstić information content (AvgIpc) is 2.77. The molecule has 3 aromatic rings. The second kappa shape index (κ2) is 11.0. The number of carbonyl (C=O) groups is 2. The summed E-state index contributed by atoms with van der Waals surface area (Å²) < 4.78 is 24.3. The third-order valence-corrected chi connectivity index (χ3v) is 5.10. The van der Waals surface area contributed by atoms with E-state index in [0.29, 0.717) is 27.8 Å². The highest BCUT2D eigenvalue weighted by atomic mass is 32.2. The first-order valence-corrected chi connectivity index (χ1v) is 10.4. The summed E-state index contributed by atoms with van der Waals surface area (Å²) in [6.45, 7) is -0.198. The second-order valence-corrected chi connectivity index (χ2v) is 7.35. The molecule has 0 heterocycles. The lowest BCUT2D eigenvalue weighted by Gasteiger charge is -2.11. The fourth-order valence-corrected chi connectivity index (χ4v) is 3.39. The van der Waals surface area contributed by atoms with Gasteiger partial charge in [0, 0.05) is 16.3 Å². The van der Waals surface area contributed by atoms with Crippen LogP contribution in [0.1, 0.15) is 0 Å². The van der Waals surface area contributed by atoms with Crippen LogP contribution in [-0.2, 0) is 9.59 Å². The fraction of sp³-hybridized carbons (Fsp3) is 0.130. The predicted molar refractivity (Wildman–Crippen MR) is 119 cm³/mol. The zero-order valence-electron chi connectivity index (χ0n) is 16.8. The third-order valence-electron chi connectivity index (χ3n) is 4.05. The van der Waals surface area contributed by atoms with Crippen molar-refractivity contribution in [2.75, 3.05) is 30.1 Å². The van der Waals surface area contributed by atoms with Gasteiger partial charge in [0.2, 0.25) is 5.91 Å². The van der Waals surface area contributed by atoms with Crippen LogP contribution in [0.15, 0.2) is 77.7 Å². The Morgan fingerprint density at radius 1 is 0.871 bits per heavy atom. The molecule has 0 aliphatic rings. The van der Waals surface area contributed by atoms with Gasteiger partial charge in [-0.25, -0.2) is 4.39 Å². The molecular weight excluding hydrogens is 419 g/mol. The van der Waals surface area contributed by atoms with E-state index in [4.69, 9.17) is 9.47 Å². The summed E-state index contributed by atoms with van der Waals surface area (Å²) in [4.78, 5) is 24.8. The Morgan fingerprint density at radius 2 is 1.52 bits per heavy atom. The van der Waals surface area contributed by atoms with Crippen molar-refractivity contribution in [1.29, 1.82) is 0 Å². The molecule has 0 bridgehead atoms. The van der Waals surface area contributed by atoms with Crippen molar-refractivity contribution < 1.29 is 23.5 Å². The number of benzene rings is 3. The first-order chi connectivity index (χ1) is 15.0. The molecule has 2 amide bonds. The van der Waals surface area contributed by atoms with E-state index >= 15 is 0 Å². The summed E-state index contributed by atoms with van der Waals surface area (Å²) in [5.74, 6) is 0.0624. The smallest absolute Gasteiger partial charge is 0.262 e. The summed E-state index contributed by atoms with van der Waals surface area (Å²) in [5, 5.41) is 5.45. The quantitative estimate of drug-likeness (QED) is 0.476. The lowest BCUT2D eigenvalue weighted by molar-refractivity contribution is -0.118. The van der Waals surface area contributed by atoms with Crippen LogP contribution in [0.4, 0.5) is 15.8 Å². The maximum atomic E-state index is 13.6. The standard InChI is InChI=1S/C23H21FN2O4S/c1-29-19-10-3-4-11-20(19)30-14-22(27)25-16-7-6-8-17(13-16)26-23(28)15-31-21-12-5-2-9-18(21)24/h2-13H,14-15H2,1H3,(H,25,27)(H,26,28). The van der Waals surface area contributed by atoms with Crippen molar-refractivity contribution in [3.8, 4) is 11.5 Å². The van der Waals surface area contributed by atoms with Crippen molar-refractivity contribution >= 4 is 35.0 Å². The van der Waals surface area contributed by atoms with Gasteiger partial charge in [-0.2, -0.15) is 0 Å². The maximum Gasteiger partial charge on any atom is 0.262 e. The molecule has 6 nitrogen and oxygen atoms in total. The van der Waals surface area contributed by atoms with E-state index < -0.39 is 0 Å². The molecule has 3 rings (SSSR count). The normalized spacial score (nSPS) is 10.3. The number of anilines is 2. The number of hydrogen-bond donors (Lipinski definition) is 2.